The normalized spacial score (nSPS) is 21.8. The monoisotopic (exact) mass is 339 g/mol. The van der Waals surface area contributed by atoms with Gasteiger partial charge < -0.3 is 14.8 Å². The molecule has 1 aromatic heterocycles. The van der Waals surface area contributed by atoms with E-state index in [1.807, 2.05) is 30.5 Å². The Morgan fingerprint density at radius 3 is 3.00 bits per heavy atom. The number of anilines is 1. The smallest absolute Gasteiger partial charge is 0.227 e. The first-order chi connectivity index (χ1) is 12.3. The van der Waals surface area contributed by atoms with E-state index in [1.165, 1.54) is 0 Å². The zero-order valence-corrected chi connectivity index (χ0v) is 13.9. The minimum Gasteiger partial charge on any atom is -0.486 e. The Balaban J connectivity index is 1.34. The van der Waals surface area contributed by atoms with E-state index >= 15 is 0 Å². The van der Waals surface area contributed by atoms with E-state index < -0.39 is 0 Å². The number of amides is 1. The average Bonchev–Trinajstić information content (AvgIpc) is 3.09. The maximum Gasteiger partial charge on any atom is 0.227 e. The molecule has 1 amide bonds. The van der Waals surface area contributed by atoms with Gasteiger partial charge in [0.15, 0.2) is 17.6 Å². The Bertz CT molecular complexity index is 784. The molecule has 0 unspecified atom stereocenters. The summed E-state index contributed by atoms with van der Waals surface area (Å²) in [5.74, 6) is 1.65. The summed E-state index contributed by atoms with van der Waals surface area (Å²) in [6.45, 7) is 1.04. The first-order valence-corrected chi connectivity index (χ1v) is 8.65. The standard InChI is InChI=1S/C19H21N3O3/c23-19(14-6-2-1-3-7-14)21-15-10-20-22(11-15)12-16-13-24-17-8-4-5-9-18(17)25-16/h1-2,4-5,8-11,14,16H,3,6-7,12-13H2,(H,21,23)/t14-,16+/m0/s1. The molecule has 1 N–H and O–H groups in total. The number of para-hydroxylation sites is 2. The minimum atomic E-state index is -0.109. The van der Waals surface area contributed by atoms with Crippen LogP contribution in [0.25, 0.3) is 0 Å². The van der Waals surface area contributed by atoms with Crippen LogP contribution in [0.4, 0.5) is 5.69 Å². The van der Waals surface area contributed by atoms with Gasteiger partial charge in [-0.25, -0.2) is 0 Å². The second-order valence-corrected chi connectivity index (χ2v) is 6.42. The number of ether oxygens (including phenoxy) is 2. The maximum atomic E-state index is 12.3. The van der Waals surface area contributed by atoms with Crippen LogP contribution in [-0.2, 0) is 11.3 Å². The first-order valence-electron chi connectivity index (χ1n) is 8.65. The lowest BCUT2D eigenvalue weighted by Gasteiger charge is -2.26. The molecule has 2 aromatic rings. The van der Waals surface area contributed by atoms with Gasteiger partial charge in [-0.2, -0.15) is 5.10 Å². The fourth-order valence-corrected chi connectivity index (χ4v) is 3.17. The van der Waals surface area contributed by atoms with Crippen molar-refractivity contribution in [3.63, 3.8) is 0 Å². The number of nitrogens with one attached hydrogen (secondary N) is 1. The molecule has 130 valence electrons. The Labute approximate surface area is 146 Å². The van der Waals surface area contributed by atoms with Crippen molar-refractivity contribution in [3.05, 3.63) is 48.8 Å². The molecule has 0 fully saturated rings. The van der Waals surface area contributed by atoms with Gasteiger partial charge in [0.2, 0.25) is 5.91 Å². The first kappa shape index (κ1) is 15.7. The number of carbonyl (C=O) groups excluding carboxylic acids is 1. The topological polar surface area (TPSA) is 65.4 Å². The zero-order chi connectivity index (χ0) is 17.1. The number of carbonyl (C=O) groups is 1. The van der Waals surface area contributed by atoms with Crippen molar-refractivity contribution in [2.24, 2.45) is 5.92 Å². The molecule has 2 aliphatic rings. The molecule has 1 aliphatic heterocycles. The van der Waals surface area contributed by atoms with Gasteiger partial charge >= 0.3 is 0 Å². The van der Waals surface area contributed by atoms with Crippen LogP contribution in [-0.4, -0.2) is 28.4 Å². The van der Waals surface area contributed by atoms with Crippen LogP contribution in [0.3, 0.4) is 0 Å². The van der Waals surface area contributed by atoms with Gasteiger partial charge in [-0.05, 0) is 31.4 Å². The molecule has 0 radical (unpaired) electrons. The largest absolute Gasteiger partial charge is 0.486 e. The lowest BCUT2D eigenvalue weighted by Crippen LogP contribution is -2.33. The predicted octanol–water partition coefficient (Wildman–Crippen LogP) is 3.02. The van der Waals surface area contributed by atoms with Gasteiger partial charge in [-0.1, -0.05) is 24.3 Å². The molecular weight excluding hydrogens is 318 g/mol. The summed E-state index contributed by atoms with van der Waals surface area (Å²) < 4.78 is 13.4. The van der Waals surface area contributed by atoms with Gasteiger partial charge in [0.05, 0.1) is 18.4 Å². The third kappa shape index (κ3) is 3.68. The van der Waals surface area contributed by atoms with Crippen LogP contribution in [0.15, 0.2) is 48.8 Å². The lowest BCUT2D eigenvalue weighted by atomic mass is 9.94. The van der Waals surface area contributed by atoms with Crippen molar-refractivity contribution >= 4 is 11.6 Å². The van der Waals surface area contributed by atoms with Crippen LogP contribution in [0, 0.1) is 5.92 Å². The van der Waals surface area contributed by atoms with Crippen LogP contribution in [0.2, 0.25) is 0 Å². The van der Waals surface area contributed by atoms with E-state index in [9.17, 15) is 4.79 Å². The van der Waals surface area contributed by atoms with Crippen LogP contribution >= 0.6 is 0 Å². The van der Waals surface area contributed by atoms with Crippen LogP contribution in [0.1, 0.15) is 19.3 Å². The van der Waals surface area contributed by atoms with E-state index in [4.69, 9.17) is 9.47 Å². The highest BCUT2D eigenvalue weighted by molar-refractivity contribution is 5.92. The molecule has 0 saturated heterocycles. The molecule has 2 atom stereocenters. The lowest BCUT2D eigenvalue weighted by molar-refractivity contribution is -0.120. The summed E-state index contributed by atoms with van der Waals surface area (Å²) >= 11 is 0. The summed E-state index contributed by atoms with van der Waals surface area (Å²) in [6, 6.07) is 7.64. The van der Waals surface area contributed by atoms with Crippen LogP contribution < -0.4 is 14.8 Å². The van der Waals surface area contributed by atoms with Crippen molar-refractivity contribution in [2.45, 2.75) is 31.9 Å². The Kier molecular flexibility index (Phi) is 4.41. The van der Waals surface area contributed by atoms with Crippen molar-refractivity contribution in [1.29, 1.82) is 0 Å². The third-order valence-corrected chi connectivity index (χ3v) is 4.50. The number of hydrogen-bond acceptors (Lipinski definition) is 4. The molecule has 6 heteroatoms. The molecule has 1 aromatic carbocycles. The highest BCUT2D eigenvalue weighted by Gasteiger charge is 2.22. The number of nitrogens with zero attached hydrogens (tertiary/aromatic N) is 2. The molecule has 0 bridgehead atoms. The number of allylic oxidation sites excluding steroid dienone is 2. The average molecular weight is 339 g/mol. The third-order valence-electron chi connectivity index (χ3n) is 4.50. The molecule has 0 saturated carbocycles. The minimum absolute atomic E-state index is 0.0555. The maximum absolute atomic E-state index is 12.3. The number of aromatic nitrogens is 2. The van der Waals surface area contributed by atoms with Gasteiger partial charge in [-0.3, -0.25) is 9.48 Å². The van der Waals surface area contributed by atoms with Gasteiger partial charge in [0.1, 0.15) is 6.61 Å². The Hall–Kier alpha value is -2.76. The molecular formula is C19H21N3O3. The van der Waals surface area contributed by atoms with Crippen molar-refractivity contribution in [3.8, 4) is 11.5 Å². The summed E-state index contributed by atoms with van der Waals surface area (Å²) in [4.78, 5) is 12.3. The molecule has 4 rings (SSSR count). The number of benzene rings is 1. The van der Waals surface area contributed by atoms with E-state index in [-0.39, 0.29) is 17.9 Å². The van der Waals surface area contributed by atoms with Crippen molar-refractivity contribution in [1.82, 2.24) is 9.78 Å². The summed E-state index contributed by atoms with van der Waals surface area (Å²) in [7, 11) is 0. The number of hydrogen-bond donors (Lipinski definition) is 1. The highest BCUT2D eigenvalue weighted by atomic mass is 16.6. The van der Waals surface area contributed by atoms with Crippen molar-refractivity contribution < 1.29 is 14.3 Å². The Morgan fingerprint density at radius 2 is 2.16 bits per heavy atom. The van der Waals surface area contributed by atoms with E-state index in [2.05, 4.69) is 22.6 Å². The summed E-state index contributed by atoms with van der Waals surface area (Å²) in [6.07, 6.45) is 10.3. The number of fused-ring (bicyclic) bond motifs is 1. The van der Waals surface area contributed by atoms with Gasteiger partial charge in [-0.15, -0.1) is 0 Å². The van der Waals surface area contributed by atoms with Crippen LogP contribution in [0.5, 0.6) is 11.5 Å². The molecule has 6 nitrogen and oxygen atoms in total. The Morgan fingerprint density at radius 1 is 1.28 bits per heavy atom. The van der Waals surface area contributed by atoms with E-state index in [0.29, 0.717) is 13.2 Å². The summed E-state index contributed by atoms with van der Waals surface area (Å²) in [5, 5.41) is 7.27. The van der Waals surface area contributed by atoms with E-state index in [0.717, 1.165) is 36.4 Å². The fourth-order valence-electron chi connectivity index (χ4n) is 3.17. The van der Waals surface area contributed by atoms with Gasteiger partial charge in [0.25, 0.3) is 0 Å². The molecule has 0 spiro atoms. The zero-order valence-electron chi connectivity index (χ0n) is 13.9. The van der Waals surface area contributed by atoms with Crippen molar-refractivity contribution in [2.75, 3.05) is 11.9 Å². The van der Waals surface area contributed by atoms with Gasteiger partial charge in [0, 0.05) is 12.1 Å². The predicted molar refractivity (Wildman–Crippen MR) is 93.7 cm³/mol. The number of rotatable bonds is 4. The second-order valence-electron chi connectivity index (χ2n) is 6.42. The fraction of sp³-hybridized carbons (Fsp3) is 0.368. The van der Waals surface area contributed by atoms with E-state index in [1.54, 1.807) is 10.9 Å². The quantitative estimate of drug-likeness (QED) is 0.870. The SMILES string of the molecule is O=C(Nc1cnn(C[C@@H]2COc3ccccc3O2)c1)[C@H]1CC=CCC1. The second kappa shape index (κ2) is 7.01. The molecule has 1 aliphatic carbocycles. The molecule has 2 heterocycles. The summed E-state index contributed by atoms with van der Waals surface area (Å²) in [5.41, 5.74) is 0.719. The molecule has 25 heavy (non-hydrogen) atoms. The highest BCUT2D eigenvalue weighted by Crippen LogP contribution is 2.31.